The van der Waals surface area contributed by atoms with Crippen LogP contribution in [-0.2, 0) is 25.6 Å². The van der Waals surface area contributed by atoms with Gasteiger partial charge in [-0.3, -0.25) is 33.9 Å². The van der Waals surface area contributed by atoms with Gasteiger partial charge >= 0.3 is 23.9 Å². The monoisotopic (exact) mass is 579 g/mol. The van der Waals surface area contributed by atoms with Crippen molar-refractivity contribution >= 4 is 46.9 Å². The normalized spacial score (nSPS) is 20.6. The van der Waals surface area contributed by atoms with Gasteiger partial charge in [-0.25, -0.2) is 0 Å². The third-order valence-electron chi connectivity index (χ3n) is 6.50. The number of hydrogen-bond donors (Lipinski definition) is 5. The van der Waals surface area contributed by atoms with Crippen LogP contribution in [0.25, 0.3) is 0 Å². The molecule has 0 aromatic heterocycles. The van der Waals surface area contributed by atoms with Gasteiger partial charge in [0.25, 0.3) is 0 Å². The van der Waals surface area contributed by atoms with Crippen molar-refractivity contribution in [2.24, 2.45) is 10.9 Å². The number of benzene rings is 1. The molecule has 0 spiro atoms. The van der Waals surface area contributed by atoms with E-state index in [0.29, 0.717) is 57.8 Å². The molecule has 1 aliphatic heterocycles. The molecule has 0 saturated carbocycles. The zero-order chi connectivity index (χ0) is 29.5. The Hall–Kier alpha value is -3.26. The summed E-state index contributed by atoms with van der Waals surface area (Å²) in [5.41, 5.74) is 1.61. The van der Waals surface area contributed by atoms with Crippen LogP contribution in [0.4, 0.5) is 5.69 Å². The molecule has 0 amide bonds. The van der Waals surface area contributed by atoms with Crippen molar-refractivity contribution in [3.05, 3.63) is 29.8 Å². The van der Waals surface area contributed by atoms with Gasteiger partial charge in [-0.05, 0) is 55.2 Å². The molecule has 14 heteroatoms. The van der Waals surface area contributed by atoms with Crippen LogP contribution in [-0.4, -0.2) is 136 Å². The Morgan fingerprint density at radius 3 is 1.95 bits per heavy atom. The molecular weight excluding hydrogens is 542 g/mol. The molecule has 220 valence electrons. The number of nitrogens with zero attached hydrogens (tertiary/aromatic N) is 4. The highest BCUT2D eigenvalue weighted by molar-refractivity contribution is 7.78. The van der Waals surface area contributed by atoms with E-state index in [1.54, 1.807) is 26.8 Å². The Balaban J connectivity index is 2.35. The summed E-state index contributed by atoms with van der Waals surface area (Å²) in [5, 5.41) is 43.4. The molecule has 0 aliphatic carbocycles. The average Bonchev–Trinajstić information content (AvgIpc) is 2.85. The van der Waals surface area contributed by atoms with E-state index >= 15 is 0 Å². The maximum atomic E-state index is 11.7. The Morgan fingerprint density at radius 1 is 0.825 bits per heavy atom. The Labute approximate surface area is 238 Å². The second-order valence-corrected chi connectivity index (χ2v) is 10.1. The van der Waals surface area contributed by atoms with Crippen LogP contribution >= 0.6 is 12.2 Å². The fraction of sp³-hybridized carbons (Fsp3) is 0.577. The SMILES string of the molecule is O=C(O)CC1CN(CC(=O)O)CCCN(CC(=O)O)CCN(CC(=O)O)CC(Cc2ccc(N=C=S)cc2)CN1. The number of aliphatic imine (C=N–C) groups is 1. The van der Waals surface area contributed by atoms with Gasteiger partial charge in [-0.15, -0.1) is 0 Å². The fourth-order valence-corrected chi connectivity index (χ4v) is 4.94. The van der Waals surface area contributed by atoms with Crippen molar-refractivity contribution < 1.29 is 39.6 Å². The molecule has 2 rings (SSSR count). The molecule has 1 aromatic rings. The molecule has 0 radical (unpaired) electrons. The van der Waals surface area contributed by atoms with Crippen LogP contribution in [0, 0.1) is 5.92 Å². The summed E-state index contributed by atoms with van der Waals surface area (Å²) >= 11 is 4.65. The lowest BCUT2D eigenvalue weighted by Gasteiger charge is -2.32. The van der Waals surface area contributed by atoms with Gasteiger partial charge < -0.3 is 25.7 Å². The lowest BCUT2D eigenvalue weighted by molar-refractivity contribution is -0.140. The highest BCUT2D eigenvalue weighted by atomic mass is 32.1. The number of carbonyl (C=O) groups is 4. The molecule has 40 heavy (non-hydrogen) atoms. The van der Waals surface area contributed by atoms with Gasteiger partial charge in [0.2, 0.25) is 0 Å². The Bertz CT molecular complexity index is 1050. The Kier molecular flexibility index (Phi) is 14.4. The molecule has 1 aliphatic rings. The van der Waals surface area contributed by atoms with Crippen LogP contribution in [0.5, 0.6) is 0 Å². The molecule has 1 saturated heterocycles. The van der Waals surface area contributed by atoms with Crippen molar-refractivity contribution in [1.29, 1.82) is 0 Å². The zero-order valence-corrected chi connectivity index (χ0v) is 23.1. The molecule has 2 unspecified atom stereocenters. The van der Waals surface area contributed by atoms with Crippen molar-refractivity contribution in [1.82, 2.24) is 20.0 Å². The minimum atomic E-state index is -1.04. The quantitative estimate of drug-likeness (QED) is 0.181. The Morgan fingerprint density at radius 2 is 1.38 bits per heavy atom. The number of hydrogen-bond acceptors (Lipinski definition) is 10. The number of carboxylic acid groups (broad SMARTS) is 4. The first-order valence-corrected chi connectivity index (χ1v) is 13.4. The number of carboxylic acids is 4. The molecule has 2 atom stereocenters. The number of nitrogens with one attached hydrogen (secondary N) is 1. The third-order valence-corrected chi connectivity index (χ3v) is 6.60. The minimum Gasteiger partial charge on any atom is -0.481 e. The lowest BCUT2D eigenvalue weighted by Crippen LogP contribution is -2.49. The second kappa shape index (κ2) is 17.4. The van der Waals surface area contributed by atoms with Crippen molar-refractivity contribution in [3.63, 3.8) is 0 Å². The number of rotatable bonds is 11. The maximum absolute atomic E-state index is 11.7. The van der Waals surface area contributed by atoms with Crippen LogP contribution in [0.1, 0.15) is 18.4 Å². The van der Waals surface area contributed by atoms with Crippen molar-refractivity contribution in [2.75, 3.05) is 65.4 Å². The van der Waals surface area contributed by atoms with Gasteiger partial charge in [0, 0.05) is 45.3 Å². The smallest absolute Gasteiger partial charge is 0.317 e. The van der Waals surface area contributed by atoms with Gasteiger partial charge in [0.05, 0.1) is 36.9 Å². The highest BCUT2D eigenvalue weighted by Gasteiger charge is 2.24. The molecule has 13 nitrogen and oxygen atoms in total. The lowest BCUT2D eigenvalue weighted by atomic mass is 9.97. The van der Waals surface area contributed by atoms with Gasteiger partial charge in [-0.2, -0.15) is 4.99 Å². The largest absolute Gasteiger partial charge is 0.481 e. The summed E-state index contributed by atoms with van der Waals surface area (Å²) in [6.45, 7) is 1.48. The van der Waals surface area contributed by atoms with Gasteiger partial charge in [0.1, 0.15) is 0 Å². The third kappa shape index (κ3) is 13.7. The summed E-state index contributed by atoms with van der Waals surface area (Å²) in [4.78, 5) is 55.3. The standard InChI is InChI=1S/C26H37N5O8S/c32-23(33)11-22-14-30(16-25(36)37)7-1-6-29(15-24(34)35)8-9-31(17-26(38)39)13-20(12-27-22)10-19-2-4-21(5-3-19)28-18-40/h2-5,20,22,27H,1,6-17H2,(H,32,33)(H,34,35)(H,36,37)(H,38,39). The number of isothiocyanates is 1. The average molecular weight is 580 g/mol. The van der Waals surface area contributed by atoms with Crippen LogP contribution in [0.3, 0.4) is 0 Å². The van der Waals surface area contributed by atoms with Crippen LogP contribution in [0.2, 0.25) is 0 Å². The topological polar surface area (TPSA) is 183 Å². The van der Waals surface area contributed by atoms with E-state index in [1.165, 1.54) is 0 Å². The van der Waals surface area contributed by atoms with E-state index in [-0.39, 0.29) is 38.5 Å². The van der Waals surface area contributed by atoms with Gasteiger partial charge in [0.15, 0.2) is 0 Å². The molecule has 1 heterocycles. The summed E-state index contributed by atoms with van der Waals surface area (Å²) in [5.74, 6) is -4.23. The highest BCUT2D eigenvalue weighted by Crippen LogP contribution is 2.17. The van der Waals surface area contributed by atoms with E-state index in [2.05, 4.69) is 27.7 Å². The first-order chi connectivity index (χ1) is 19.0. The van der Waals surface area contributed by atoms with E-state index < -0.39 is 29.9 Å². The second-order valence-electron chi connectivity index (χ2n) is 9.92. The zero-order valence-electron chi connectivity index (χ0n) is 22.3. The molecule has 1 aromatic carbocycles. The van der Waals surface area contributed by atoms with Gasteiger partial charge in [-0.1, -0.05) is 12.1 Å². The van der Waals surface area contributed by atoms with E-state index in [1.807, 2.05) is 12.1 Å². The first kappa shape index (κ1) is 32.9. The fourth-order valence-electron chi connectivity index (χ4n) is 4.83. The minimum absolute atomic E-state index is 0.140. The van der Waals surface area contributed by atoms with E-state index in [9.17, 15) is 39.6 Å². The molecule has 0 bridgehead atoms. The summed E-state index contributed by atoms with van der Waals surface area (Å²) in [6, 6.07) is 6.80. The van der Waals surface area contributed by atoms with Crippen molar-refractivity contribution in [3.8, 4) is 0 Å². The molecule has 5 N–H and O–H groups in total. The summed E-state index contributed by atoms with van der Waals surface area (Å²) in [6.07, 6.45) is 0.782. The van der Waals surface area contributed by atoms with E-state index in [0.717, 1.165) is 5.56 Å². The predicted molar refractivity (Wildman–Crippen MR) is 149 cm³/mol. The van der Waals surface area contributed by atoms with Crippen LogP contribution < -0.4 is 5.32 Å². The van der Waals surface area contributed by atoms with Crippen LogP contribution in [0.15, 0.2) is 29.3 Å². The predicted octanol–water partition coefficient (Wildman–Crippen LogP) is 0.576. The number of aliphatic carboxylic acids is 4. The van der Waals surface area contributed by atoms with E-state index in [4.69, 9.17) is 0 Å². The maximum Gasteiger partial charge on any atom is 0.317 e. The summed E-state index contributed by atoms with van der Waals surface area (Å²) in [7, 11) is 0. The number of thiocarbonyl (C=S) groups is 1. The van der Waals surface area contributed by atoms with Crippen molar-refractivity contribution in [2.45, 2.75) is 25.3 Å². The molecule has 1 fully saturated rings. The summed E-state index contributed by atoms with van der Waals surface area (Å²) < 4.78 is 0. The first-order valence-electron chi connectivity index (χ1n) is 13.0. The molecular formula is C26H37N5O8S.